The first-order chi connectivity index (χ1) is 13.1. The number of anilines is 2. The van der Waals surface area contributed by atoms with E-state index in [0.29, 0.717) is 34.2 Å². The minimum atomic E-state index is -0.317. The summed E-state index contributed by atoms with van der Waals surface area (Å²) in [6.07, 6.45) is 6.52. The van der Waals surface area contributed by atoms with E-state index in [-0.39, 0.29) is 5.82 Å². The van der Waals surface area contributed by atoms with Gasteiger partial charge in [0.1, 0.15) is 5.82 Å². The first-order valence-electron chi connectivity index (χ1n) is 8.86. The van der Waals surface area contributed by atoms with Gasteiger partial charge in [0.05, 0.1) is 33.6 Å². The van der Waals surface area contributed by atoms with E-state index >= 15 is 0 Å². The highest BCUT2D eigenvalue weighted by Crippen LogP contribution is 2.34. The van der Waals surface area contributed by atoms with E-state index in [0.717, 1.165) is 31.0 Å². The number of rotatable bonds is 4. The molecular formula is C19H20ClFN6. The van der Waals surface area contributed by atoms with Crippen LogP contribution in [-0.4, -0.2) is 40.6 Å². The number of nitrogens with zero attached hydrogens (tertiary/aromatic N) is 4. The molecule has 1 aliphatic heterocycles. The maximum Gasteiger partial charge on any atom is 0.130 e. The first-order valence-corrected chi connectivity index (χ1v) is 9.24. The summed E-state index contributed by atoms with van der Waals surface area (Å²) in [5, 5.41) is 7.29. The molecule has 140 valence electrons. The Morgan fingerprint density at radius 3 is 2.81 bits per heavy atom. The van der Waals surface area contributed by atoms with E-state index in [4.69, 9.17) is 11.6 Å². The van der Waals surface area contributed by atoms with Gasteiger partial charge in [0.2, 0.25) is 0 Å². The maximum absolute atomic E-state index is 14.4. The fourth-order valence-electron chi connectivity index (χ4n) is 3.37. The molecule has 0 radical (unpaired) electrons. The molecule has 1 fully saturated rings. The molecule has 1 aromatic carbocycles. The summed E-state index contributed by atoms with van der Waals surface area (Å²) in [6.45, 7) is 5.02. The second-order valence-electron chi connectivity index (χ2n) is 6.66. The second kappa shape index (κ2) is 7.62. The van der Waals surface area contributed by atoms with Crippen molar-refractivity contribution in [1.29, 1.82) is 0 Å². The fraction of sp³-hybridized carbons (Fsp3) is 0.316. The van der Waals surface area contributed by atoms with Gasteiger partial charge in [0.15, 0.2) is 0 Å². The third kappa shape index (κ3) is 3.79. The van der Waals surface area contributed by atoms with Crippen molar-refractivity contribution < 1.29 is 4.39 Å². The lowest BCUT2D eigenvalue weighted by molar-refractivity contribution is 0.485. The summed E-state index contributed by atoms with van der Waals surface area (Å²) >= 11 is 6.44. The smallest absolute Gasteiger partial charge is 0.130 e. The second-order valence-corrected chi connectivity index (χ2v) is 7.07. The average Bonchev–Trinajstić information content (AvgIpc) is 2.66. The number of benzene rings is 1. The highest BCUT2D eigenvalue weighted by Gasteiger charge is 2.21. The molecule has 0 aliphatic carbocycles. The Kier molecular flexibility index (Phi) is 5.05. The van der Waals surface area contributed by atoms with Crippen LogP contribution in [0.1, 0.15) is 12.5 Å². The molecule has 6 nitrogen and oxygen atoms in total. The van der Waals surface area contributed by atoms with E-state index in [1.54, 1.807) is 30.9 Å². The molecule has 3 aromatic rings. The summed E-state index contributed by atoms with van der Waals surface area (Å²) in [5.41, 5.74) is 3.41. The van der Waals surface area contributed by atoms with Gasteiger partial charge >= 0.3 is 0 Å². The van der Waals surface area contributed by atoms with Crippen molar-refractivity contribution in [2.45, 2.75) is 19.5 Å². The Morgan fingerprint density at radius 1 is 1.26 bits per heavy atom. The van der Waals surface area contributed by atoms with Crippen LogP contribution in [0.4, 0.5) is 15.8 Å². The Hall–Kier alpha value is -2.51. The number of hydrogen-bond donors (Lipinski definition) is 2. The lowest BCUT2D eigenvalue weighted by Crippen LogP contribution is -2.49. The Morgan fingerprint density at radius 2 is 2.04 bits per heavy atom. The van der Waals surface area contributed by atoms with Gasteiger partial charge in [-0.15, -0.1) is 0 Å². The van der Waals surface area contributed by atoms with Crippen molar-refractivity contribution in [3.05, 3.63) is 53.3 Å². The number of fused-ring (bicyclic) bond motifs is 1. The quantitative estimate of drug-likeness (QED) is 0.717. The summed E-state index contributed by atoms with van der Waals surface area (Å²) in [4.78, 5) is 14.8. The molecule has 0 bridgehead atoms. The number of halogens is 2. The molecule has 0 unspecified atom stereocenters. The van der Waals surface area contributed by atoms with Crippen LogP contribution in [-0.2, 0) is 6.54 Å². The number of piperazine rings is 1. The van der Waals surface area contributed by atoms with Crippen LogP contribution >= 0.6 is 11.6 Å². The topological polar surface area (TPSA) is 66.0 Å². The Bertz CT molecular complexity index is 966. The van der Waals surface area contributed by atoms with Crippen LogP contribution in [0, 0.1) is 5.82 Å². The average molecular weight is 387 g/mol. The van der Waals surface area contributed by atoms with Crippen molar-refractivity contribution in [2.75, 3.05) is 29.9 Å². The first kappa shape index (κ1) is 17.9. The van der Waals surface area contributed by atoms with Crippen LogP contribution < -0.4 is 15.5 Å². The third-order valence-corrected chi connectivity index (χ3v) is 4.94. The SMILES string of the molecule is C[C@H]1CN(c2c(Cl)cncc2NCc2cc3nccnc3cc2F)CCN1. The minimum Gasteiger partial charge on any atom is -0.378 e. The van der Waals surface area contributed by atoms with E-state index in [1.807, 2.05) is 0 Å². The molecule has 2 aromatic heterocycles. The van der Waals surface area contributed by atoms with Gasteiger partial charge in [-0.05, 0) is 13.0 Å². The predicted octanol–water partition coefficient (Wildman–Crippen LogP) is 3.23. The highest BCUT2D eigenvalue weighted by molar-refractivity contribution is 6.33. The van der Waals surface area contributed by atoms with Crippen molar-refractivity contribution in [2.24, 2.45) is 0 Å². The standard InChI is InChI=1S/C19H20ClFN6/c1-12-11-27(5-4-23-12)19-14(20)9-22-10-18(19)26-8-13-6-16-17(7-15(13)21)25-3-2-24-16/h2-3,6-7,9-10,12,23,26H,4-5,8,11H2,1H3/t12-/m0/s1. The van der Waals surface area contributed by atoms with E-state index in [9.17, 15) is 4.39 Å². The molecule has 2 N–H and O–H groups in total. The van der Waals surface area contributed by atoms with Crippen LogP contribution in [0.5, 0.6) is 0 Å². The largest absolute Gasteiger partial charge is 0.378 e. The van der Waals surface area contributed by atoms with Crippen LogP contribution in [0.3, 0.4) is 0 Å². The molecule has 8 heteroatoms. The molecule has 0 amide bonds. The summed E-state index contributed by atoms with van der Waals surface area (Å²) in [5.74, 6) is -0.317. The summed E-state index contributed by atoms with van der Waals surface area (Å²) < 4.78 is 14.4. The van der Waals surface area contributed by atoms with Gasteiger partial charge in [-0.2, -0.15) is 0 Å². The Labute approximate surface area is 161 Å². The Balaban J connectivity index is 1.60. The van der Waals surface area contributed by atoms with E-state index in [1.165, 1.54) is 6.07 Å². The van der Waals surface area contributed by atoms with E-state index in [2.05, 4.69) is 37.4 Å². The van der Waals surface area contributed by atoms with Crippen LogP contribution in [0.25, 0.3) is 11.0 Å². The van der Waals surface area contributed by atoms with E-state index < -0.39 is 0 Å². The zero-order valence-electron chi connectivity index (χ0n) is 14.9. The van der Waals surface area contributed by atoms with Crippen molar-refractivity contribution in [3.8, 4) is 0 Å². The fourth-order valence-corrected chi connectivity index (χ4v) is 3.65. The normalized spacial score (nSPS) is 17.3. The molecule has 1 atom stereocenters. The summed E-state index contributed by atoms with van der Waals surface area (Å²) in [7, 11) is 0. The zero-order valence-corrected chi connectivity index (χ0v) is 15.7. The van der Waals surface area contributed by atoms with Gasteiger partial charge in [-0.1, -0.05) is 11.6 Å². The molecule has 4 rings (SSSR count). The summed E-state index contributed by atoms with van der Waals surface area (Å²) in [6, 6.07) is 3.50. The highest BCUT2D eigenvalue weighted by atomic mass is 35.5. The van der Waals surface area contributed by atoms with Crippen molar-refractivity contribution in [3.63, 3.8) is 0 Å². The van der Waals surface area contributed by atoms with Crippen LogP contribution in [0.15, 0.2) is 36.9 Å². The molecule has 0 spiro atoms. The van der Waals surface area contributed by atoms with Crippen LogP contribution in [0.2, 0.25) is 5.02 Å². The third-order valence-electron chi connectivity index (χ3n) is 4.66. The van der Waals surface area contributed by atoms with Crippen molar-refractivity contribution >= 4 is 34.0 Å². The molecule has 1 saturated heterocycles. The number of nitrogens with one attached hydrogen (secondary N) is 2. The van der Waals surface area contributed by atoms with Gasteiger partial charge in [-0.3, -0.25) is 15.0 Å². The molecule has 27 heavy (non-hydrogen) atoms. The van der Waals surface area contributed by atoms with Gasteiger partial charge in [-0.25, -0.2) is 4.39 Å². The zero-order chi connectivity index (χ0) is 18.8. The molecular weight excluding hydrogens is 367 g/mol. The lowest BCUT2D eigenvalue weighted by Gasteiger charge is -2.35. The van der Waals surface area contributed by atoms with Crippen molar-refractivity contribution in [1.82, 2.24) is 20.3 Å². The minimum absolute atomic E-state index is 0.301. The maximum atomic E-state index is 14.4. The monoisotopic (exact) mass is 386 g/mol. The van der Waals surface area contributed by atoms with Gasteiger partial charge in [0.25, 0.3) is 0 Å². The number of aromatic nitrogens is 3. The molecule has 0 saturated carbocycles. The molecule has 3 heterocycles. The predicted molar refractivity (Wildman–Crippen MR) is 106 cm³/mol. The van der Waals surface area contributed by atoms with Gasteiger partial charge < -0.3 is 15.5 Å². The lowest BCUT2D eigenvalue weighted by atomic mass is 10.1. The number of pyridine rings is 1. The number of hydrogen-bond acceptors (Lipinski definition) is 6. The molecule has 1 aliphatic rings. The van der Waals surface area contributed by atoms with Gasteiger partial charge in [0, 0.05) is 62.4 Å².